The lowest BCUT2D eigenvalue weighted by atomic mass is 10.0. The molecule has 0 bridgehead atoms. The Bertz CT molecular complexity index is 722. The first-order chi connectivity index (χ1) is 10.3. The molecule has 0 fully saturated rings. The normalized spacial score (nSPS) is 10.3. The fraction of sp³-hybridized carbons (Fsp3) is 0.0556. The van der Waals surface area contributed by atoms with Crippen LogP contribution in [0.2, 0.25) is 0 Å². The van der Waals surface area contributed by atoms with E-state index >= 15 is 0 Å². The lowest BCUT2D eigenvalue weighted by Gasteiger charge is -2.02. The minimum Gasteiger partial charge on any atom is -0.289 e. The molecule has 0 atom stereocenters. The summed E-state index contributed by atoms with van der Waals surface area (Å²) in [6, 6.07) is 17.1. The molecule has 0 saturated heterocycles. The summed E-state index contributed by atoms with van der Waals surface area (Å²) >= 11 is 0. The van der Waals surface area contributed by atoms with E-state index in [4.69, 9.17) is 0 Å². The van der Waals surface area contributed by atoms with Gasteiger partial charge in [0, 0.05) is 16.7 Å². The molecule has 3 heteroatoms. The van der Waals surface area contributed by atoms with Crippen LogP contribution in [0, 0.1) is 0 Å². The molecule has 21 heavy (non-hydrogen) atoms. The average Bonchev–Trinajstić information content (AvgIpc) is 2.57. The number of hydrogen-bond donors (Lipinski definition) is 0. The zero-order valence-electron chi connectivity index (χ0n) is 11.5. The molecule has 2 aromatic carbocycles. The molecule has 102 valence electrons. The van der Waals surface area contributed by atoms with E-state index < -0.39 is 0 Å². The third kappa shape index (κ3) is 3.20. The SMILES string of the molecule is O=C(c1ccccc1)c1ccc(C[n+]2ccncc2)cc1. The molecule has 3 rings (SSSR count). The summed E-state index contributed by atoms with van der Waals surface area (Å²) in [5.41, 5.74) is 2.58. The Morgan fingerprint density at radius 2 is 1.48 bits per heavy atom. The Labute approximate surface area is 123 Å². The van der Waals surface area contributed by atoms with Gasteiger partial charge in [-0.3, -0.25) is 9.78 Å². The molecule has 0 spiro atoms. The van der Waals surface area contributed by atoms with Gasteiger partial charge in [0.15, 0.2) is 24.7 Å². The van der Waals surface area contributed by atoms with Crippen molar-refractivity contribution in [2.24, 2.45) is 0 Å². The largest absolute Gasteiger partial charge is 0.289 e. The van der Waals surface area contributed by atoms with Gasteiger partial charge in [-0.05, 0) is 0 Å². The van der Waals surface area contributed by atoms with E-state index in [9.17, 15) is 4.79 Å². The number of rotatable bonds is 4. The van der Waals surface area contributed by atoms with Gasteiger partial charge in [0.25, 0.3) is 0 Å². The second kappa shape index (κ2) is 6.09. The number of hydrogen-bond acceptors (Lipinski definition) is 2. The molecule has 3 nitrogen and oxygen atoms in total. The topological polar surface area (TPSA) is 33.8 Å². The van der Waals surface area contributed by atoms with Crippen LogP contribution < -0.4 is 4.57 Å². The summed E-state index contributed by atoms with van der Waals surface area (Å²) in [6.07, 6.45) is 7.35. The first-order valence-corrected chi connectivity index (χ1v) is 6.81. The third-order valence-corrected chi connectivity index (χ3v) is 3.31. The van der Waals surface area contributed by atoms with Crippen LogP contribution in [0.3, 0.4) is 0 Å². The highest BCUT2D eigenvalue weighted by molar-refractivity contribution is 6.08. The first-order valence-electron chi connectivity index (χ1n) is 6.81. The van der Waals surface area contributed by atoms with Crippen LogP contribution in [-0.4, -0.2) is 10.8 Å². The summed E-state index contributed by atoms with van der Waals surface area (Å²) in [5.74, 6) is 0.0544. The molecule has 0 amide bonds. The molecule has 0 aliphatic heterocycles. The van der Waals surface area contributed by atoms with E-state index in [0.717, 1.165) is 12.1 Å². The highest BCUT2D eigenvalue weighted by atomic mass is 16.1. The van der Waals surface area contributed by atoms with Crippen molar-refractivity contribution in [3.8, 4) is 0 Å². The zero-order chi connectivity index (χ0) is 14.5. The molecule has 1 heterocycles. The van der Waals surface area contributed by atoms with Crippen molar-refractivity contribution in [1.82, 2.24) is 4.98 Å². The molecule has 0 saturated carbocycles. The second-order valence-corrected chi connectivity index (χ2v) is 4.81. The Hall–Kier alpha value is -2.81. The standard InChI is InChI=1S/C18H15N2O/c21-18(16-4-2-1-3-5-16)17-8-6-15(7-9-17)14-20-12-10-19-11-13-20/h1-13H,14H2/q+1. The van der Waals surface area contributed by atoms with Crippen molar-refractivity contribution < 1.29 is 9.36 Å². The van der Waals surface area contributed by atoms with E-state index in [1.807, 2.05) is 71.6 Å². The first kappa shape index (κ1) is 13.2. The van der Waals surface area contributed by atoms with Crippen molar-refractivity contribution in [3.05, 3.63) is 96.1 Å². The Balaban J connectivity index is 1.77. The van der Waals surface area contributed by atoms with Gasteiger partial charge in [-0.1, -0.05) is 54.6 Å². The fourth-order valence-electron chi connectivity index (χ4n) is 2.18. The maximum Gasteiger partial charge on any atom is 0.193 e. The maximum atomic E-state index is 12.3. The Kier molecular flexibility index (Phi) is 3.83. The highest BCUT2D eigenvalue weighted by Gasteiger charge is 2.09. The lowest BCUT2D eigenvalue weighted by molar-refractivity contribution is -0.688. The smallest absolute Gasteiger partial charge is 0.193 e. The van der Waals surface area contributed by atoms with Gasteiger partial charge in [-0.15, -0.1) is 0 Å². The van der Waals surface area contributed by atoms with E-state index in [2.05, 4.69) is 4.98 Å². The molecule has 0 aliphatic carbocycles. The predicted molar refractivity (Wildman–Crippen MR) is 79.9 cm³/mol. The fourth-order valence-corrected chi connectivity index (χ4v) is 2.18. The van der Waals surface area contributed by atoms with Gasteiger partial charge in [0.1, 0.15) is 0 Å². The van der Waals surface area contributed by atoms with Crippen LogP contribution in [0.15, 0.2) is 79.4 Å². The zero-order valence-corrected chi connectivity index (χ0v) is 11.5. The number of ketones is 1. The monoisotopic (exact) mass is 275 g/mol. The molecule has 0 unspecified atom stereocenters. The minimum absolute atomic E-state index is 0.0544. The summed E-state index contributed by atoms with van der Waals surface area (Å²) in [7, 11) is 0. The summed E-state index contributed by atoms with van der Waals surface area (Å²) in [6.45, 7) is 0.766. The number of aromatic nitrogens is 2. The molecular weight excluding hydrogens is 260 g/mol. The van der Waals surface area contributed by atoms with Gasteiger partial charge in [0.2, 0.25) is 0 Å². The van der Waals surface area contributed by atoms with Crippen molar-refractivity contribution in [3.63, 3.8) is 0 Å². The summed E-state index contributed by atoms with van der Waals surface area (Å²) in [5, 5.41) is 0. The molecule has 0 radical (unpaired) electrons. The van der Waals surface area contributed by atoms with Crippen LogP contribution in [0.4, 0.5) is 0 Å². The molecule has 1 aromatic heterocycles. The molecule has 0 aliphatic rings. The number of carbonyl (C=O) groups is 1. The minimum atomic E-state index is 0.0544. The van der Waals surface area contributed by atoms with Crippen LogP contribution >= 0.6 is 0 Å². The third-order valence-electron chi connectivity index (χ3n) is 3.31. The molecular formula is C18H15N2O+. The average molecular weight is 275 g/mol. The van der Waals surface area contributed by atoms with E-state index in [1.54, 1.807) is 12.4 Å². The van der Waals surface area contributed by atoms with Gasteiger partial charge < -0.3 is 0 Å². The van der Waals surface area contributed by atoms with Gasteiger partial charge in [-0.2, -0.15) is 4.57 Å². The Morgan fingerprint density at radius 1 is 0.857 bits per heavy atom. The van der Waals surface area contributed by atoms with Gasteiger partial charge in [-0.25, -0.2) is 0 Å². The van der Waals surface area contributed by atoms with Crippen molar-refractivity contribution in [2.45, 2.75) is 6.54 Å². The van der Waals surface area contributed by atoms with Crippen LogP contribution in [0.1, 0.15) is 21.5 Å². The van der Waals surface area contributed by atoms with E-state index in [0.29, 0.717) is 11.1 Å². The number of benzene rings is 2. The van der Waals surface area contributed by atoms with Crippen molar-refractivity contribution in [1.29, 1.82) is 0 Å². The summed E-state index contributed by atoms with van der Waals surface area (Å²) < 4.78 is 2.04. The van der Waals surface area contributed by atoms with E-state index in [-0.39, 0.29) is 5.78 Å². The number of carbonyl (C=O) groups excluding carboxylic acids is 1. The van der Waals surface area contributed by atoms with Crippen LogP contribution in [-0.2, 0) is 6.54 Å². The van der Waals surface area contributed by atoms with Gasteiger partial charge >= 0.3 is 0 Å². The molecule has 0 N–H and O–H groups in total. The maximum absolute atomic E-state index is 12.3. The second-order valence-electron chi connectivity index (χ2n) is 4.81. The lowest BCUT2D eigenvalue weighted by Crippen LogP contribution is -2.33. The van der Waals surface area contributed by atoms with Crippen LogP contribution in [0.5, 0.6) is 0 Å². The van der Waals surface area contributed by atoms with Gasteiger partial charge in [0.05, 0.1) is 12.4 Å². The summed E-state index contributed by atoms with van der Waals surface area (Å²) in [4.78, 5) is 16.3. The number of nitrogens with zero attached hydrogens (tertiary/aromatic N) is 2. The van der Waals surface area contributed by atoms with Crippen LogP contribution in [0.25, 0.3) is 0 Å². The van der Waals surface area contributed by atoms with E-state index in [1.165, 1.54) is 0 Å². The highest BCUT2D eigenvalue weighted by Crippen LogP contribution is 2.11. The quantitative estimate of drug-likeness (QED) is 0.542. The van der Waals surface area contributed by atoms with Crippen molar-refractivity contribution >= 4 is 5.78 Å². The Morgan fingerprint density at radius 3 is 2.14 bits per heavy atom. The van der Waals surface area contributed by atoms with Crippen molar-refractivity contribution in [2.75, 3.05) is 0 Å². The molecule has 3 aromatic rings. The predicted octanol–water partition coefficient (Wildman–Crippen LogP) is 2.65.